The molecule has 4 heteroatoms. The maximum absolute atomic E-state index is 13.2. The van der Waals surface area contributed by atoms with Gasteiger partial charge in [0.25, 0.3) is 0 Å². The first-order valence-corrected chi connectivity index (χ1v) is 8.67. The van der Waals surface area contributed by atoms with Crippen LogP contribution >= 0.6 is 0 Å². The van der Waals surface area contributed by atoms with Gasteiger partial charge >= 0.3 is 0 Å². The first kappa shape index (κ1) is 17.7. The number of hydrogen-bond donors (Lipinski definition) is 0. The van der Waals surface area contributed by atoms with Crippen molar-refractivity contribution in [2.75, 3.05) is 0 Å². The van der Waals surface area contributed by atoms with E-state index in [4.69, 9.17) is 0 Å². The zero-order valence-electron chi connectivity index (χ0n) is 14.7. The third-order valence-electron chi connectivity index (χ3n) is 4.62. The molecule has 0 radical (unpaired) electrons. The normalized spacial score (nSPS) is 10.8. The van der Waals surface area contributed by atoms with Gasteiger partial charge in [-0.2, -0.15) is 0 Å². The molecule has 4 aromatic rings. The summed E-state index contributed by atoms with van der Waals surface area (Å²) in [5, 5.41) is 1.26. The lowest BCUT2D eigenvalue weighted by molar-refractivity contribution is 0.103. The summed E-state index contributed by atoms with van der Waals surface area (Å²) in [5.41, 5.74) is 1.59. The fourth-order valence-corrected chi connectivity index (χ4v) is 3.22. The molecule has 0 aromatic heterocycles. The molecule has 0 aliphatic heterocycles. The minimum atomic E-state index is -0.415. The van der Waals surface area contributed by atoms with Crippen LogP contribution in [0.4, 0.5) is 8.78 Å². The zero-order valence-corrected chi connectivity index (χ0v) is 14.7. The molecule has 28 heavy (non-hydrogen) atoms. The molecule has 4 rings (SSSR count). The highest BCUT2D eigenvalue weighted by atomic mass is 19.1. The van der Waals surface area contributed by atoms with Crippen molar-refractivity contribution in [2.24, 2.45) is 0 Å². The summed E-state index contributed by atoms with van der Waals surface area (Å²) in [6.07, 6.45) is 0. The van der Waals surface area contributed by atoms with Gasteiger partial charge in [0.2, 0.25) is 0 Å². The van der Waals surface area contributed by atoms with Crippen LogP contribution in [0.25, 0.3) is 10.8 Å². The Morgan fingerprint density at radius 1 is 0.500 bits per heavy atom. The monoisotopic (exact) mass is 372 g/mol. The van der Waals surface area contributed by atoms with Gasteiger partial charge in [0.05, 0.1) is 0 Å². The van der Waals surface area contributed by atoms with Gasteiger partial charge in [-0.1, -0.05) is 36.4 Å². The number of benzene rings is 4. The van der Waals surface area contributed by atoms with E-state index in [1.54, 1.807) is 36.4 Å². The molecule has 0 amide bonds. The molecular formula is C24H14F2O2. The highest BCUT2D eigenvalue weighted by Gasteiger charge is 2.17. The van der Waals surface area contributed by atoms with E-state index in [1.165, 1.54) is 48.5 Å². The Balaban J connectivity index is 1.82. The second-order valence-corrected chi connectivity index (χ2v) is 6.38. The molecule has 0 aliphatic carbocycles. The average Bonchev–Trinajstić information content (AvgIpc) is 2.73. The summed E-state index contributed by atoms with van der Waals surface area (Å²) in [6, 6.07) is 21.0. The molecule has 0 unspecified atom stereocenters. The van der Waals surface area contributed by atoms with Crippen LogP contribution in [0.15, 0.2) is 84.9 Å². The zero-order chi connectivity index (χ0) is 19.7. The smallest absolute Gasteiger partial charge is 0.193 e. The van der Waals surface area contributed by atoms with Gasteiger partial charge in [-0.3, -0.25) is 9.59 Å². The third-order valence-corrected chi connectivity index (χ3v) is 4.62. The van der Waals surface area contributed by atoms with Gasteiger partial charge in [-0.25, -0.2) is 8.78 Å². The minimum absolute atomic E-state index is 0.253. The van der Waals surface area contributed by atoms with Gasteiger partial charge in [0.15, 0.2) is 11.6 Å². The average molecular weight is 372 g/mol. The van der Waals surface area contributed by atoms with E-state index in [1.807, 2.05) is 0 Å². The fraction of sp³-hybridized carbons (Fsp3) is 0. The number of ketones is 2. The number of hydrogen-bond acceptors (Lipinski definition) is 2. The van der Waals surface area contributed by atoms with Crippen molar-refractivity contribution in [3.8, 4) is 0 Å². The summed E-state index contributed by atoms with van der Waals surface area (Å²) in [4.78, 5) is 25.8. The maximum atomic E-state index is 13.2. The molecule has 0 saturated carbocycles. The Labute approximate surface area is 160 Å². The van der Waals surface area contributed by atoms with E-state index in [9.17, 15) is 18.4 Å². The highest BCUT2D eigenvalue weighted by Crippen LogP contribution is 2.26. The minimum Gasteiger partial charge on any atom is -0.289 e. The van der Waals surface area contributed by atoms with E-state index in [0.717, 1.165) is 0 Å². The first-order chi connectivity index (χ1) is 13.5. The predicted molar refractivity (Wildman–Crippen MR) is 104 cm³/mol. The van der Waals surface area contributed by atoms with Crippen LogP contribution in [0.2, 0.25) is 0 Å². The van der Waals surface area contributed by atoms with Crippen LogP contribution in [-0.4, -0.2) is 11.6 Å². The molecule has 4 aromatic carbocycles. The van der Waals surface area contributed by atoms with Crippen LogP contribution < -0.4 is 0 Å². The third kappa shape index (κ3) is 3.21. The second kappa shape index (κ2) is 7.16. The first-order valence-electron chi connectivity index (χ1n) is 8.67. The number of carbonyl (C=O) groups is 2. The summed E-state index contributed by atoms with van der Waals surface area (Å²) in [7, 11) is 0. The van der Waals surface area contributed by atoms with Gasteiger partial charge in [-0.15, -0.1) is 0 Å². The van der Waals surface area contributed by atoms with Crippen LogP contribution in [0, 0.1) is 11.6 Å². The van der Waals surface area contributed by atoms with Gasteiger partial charge in [0, 0.05) is 22.3 Å². The Bertz CT molecular complexity index is 1100. The lowest BCUT2D eigenvalue weighted by Crippen LogP contribution is -2.05. The van der Waals surface area contributed by atoms with Crippen molar-refractivity contribution in [2.45, 2.75) is 0 Å². The molecule has 0 heterocycles. The topological polar surface area (TPSA) is 34.1 Å². The van der Waals surface area contributed by atoms with E-state index < -0.39 is 11.6 Å². The standard InChI is InChI=1S/C24H14F2O2/c25-17-11-7-15(8-12-17)23(27)21-5-1-3-19-20(21)4-2-6-22(19)24(28)16-9-13-18(26)14-10-16/h1-14H. The lowest BCUT2D eigenvalue weighted by Gasteiger charge is -2.10. The van der Waals surface area contributed by atoms with Crippen LogP contribution in [0.3, 0.4) is 0 Å². The van der Waals surface area contributed by atoms with E-state index >= 15 is 0 Å². The molecule has 0 atom stereocenters. The lowest BCUT2D eigenvalue weighted by atomic mass is 9.92. The Morgan fingerprint density at radius 3 is 1.21 bits per heavy atom. The van der Waals surface area contributed by atoms with Gasteiger partial charge in [-0.05, 0) is 59.3 Å². The van der Waals surface area contributed by atoms with Crippen molar-refractivity contribution in [1.29, 1.82) is 0 Å². The van der Waals surface area contributed by atoms with Gasteiger partial charge in [0.1, 0.15) is 11.6 Å². The summed E-state index contributed by atoms with van der Waals surface area (Å²) >= 11 is 0. The van der Waals surface area contributed by atoms with Crippen molar-refractivity contribution >= 4 is 22.3 Å². The van der Waals surface area contributed by atoms with Crippen molar-refractivity contribution in [3.63, 3.8) is 0 Å². The largest absolute Gasteiger partial charge is 0.289 e. The molecule has 2 nitrogen and oxygen atoms in total. The van der Waals surface area contributed by atoms with E-state index in [0.29, 0.717) is 33.0 Å². The number of rotatable bonds is 4. The number of halogens is 2. The quantitative estimate of drug-likeness (QED) is 0.438. The van der Waals surface area contributed by atoms with E-state index in [2.05, 4.69) is 0 Å². The Kier molecular flexibility index (Phi) is 4.53. The van der Waals surface area contributed by atoms with Crippen molar-refractivity contribution < 1.29 is 18.4 Å². The molecule has 0 spiro atoms. The molecule has 136 valence electrons. The number of carbonyl (C=O) groups excluding carboxylic acids is 2. The Morgan fingerprint density at radius 2 is 0.857 bits per heavy atom. The molecule has 0 aliphatic rings. The molecule has 0 N–H and O–H groups in total. The van der Waals surface area contributed by atoms with Crippen LogP contribution in [-0.2, 0) is 0 Å². The highest BCUT2D eigenvalue weighted by molar-refractivity contribution is 6.21. The molecule has 0 bridgehead atoms. The molecule has 0 saturated heterocycles. The Hall–Kier alpha value is -3.66. The van der Waals surface area contributed by atoms with Crippen LogP contribution in [0.5, 0.6) is 0 Å². The summed E-state index contributed by atoms with van der Waals surface area (Å²) < 4.78 is 26.3. The molecule has 0 fully saturated rings. The summed E-state index contributed by atoms with van der Waals surface area (Å²) in [5.74, 6) is -1.34. The number of fused-ring (bicyclic) bond motifs is 1. The molecular weight excluding hydrogens is 358 g/mol. The summed E-state index contributed by atoms with van der Waals surface area (Å²) in [6.45, 7) is 0. The van der Waals surface area contributed by atoms with Crippen LogP contribution in [0.1, 0.15) is 31.8 Å². The maximum Gasteiger partial charge on any atom is 0.193 e. The van der Waals surface area contributed by atoms with Crippen molar-refractivity contribution in [3.05, 3.63) is 119 Å². The van der Waals surface area contributed by atoms with E-state index in [-0.39, 0.29) is 11.6 Å². The fourth-order valence-electron chi connectivity index (χ4n) is 3.22. The van der Waals surface area contributed by atoms with Gasteiger partial charge < -0.3 is 0 Å². The second-order valence-electron chi connectivity index (χ2n) is 6.38. The van der Waals surface area contributed by atoms with Crippen molar-refractivity contribution in [1.82, 2.24) is 0 Å². The SMILES string of the molecule is O=C(c1ccc(F)cc1)c1cccc2c(C(=O)c3ccc(F)cc3)cccc12. The predicted octanol–water partition coefficient (Wildman–Crippen LogP) is 5.58.